The van der Waals surface area contributed by atoms with Crippen molar-refractivity contribution in [3.63, 3.8) is 0 Å². The Hall–Kier alpha value is -2.32. The molecule has 26 heavy (non-hydrogen) atoms. The smallest absolute Gasteiger partial charge is 0.0991 e. The van der Waals surface area contributed by atoms with Gasteiger partial charge in [0.15, 0.2) is 0 Å². The lowest BCUT2D eigenvalue weighted by atomic mass is 9.68. The van der Waals surface area contributed by atoms with Crippen molar-refractivity contribution in [1.82, 2.24) is 0 Å². The molecular formula is C24H28N2. The Bertz CT molecular complexity index is 698. The number of nitriles is 2. The van der Waals surface area contributed by atoms with Crippen molar-refractivity contribution in [1.29, 1.82) is 10.5 Å². The Kier molecular flexibility index (Phi) is 6.68. The summed E-state index contributed by atoms with van der Waals surface area (Å²) in [6, 6.07) is 12.5. The normalized spacial score (nSPS) is 29.5. The maximum Gasteiger partial charge on any atom is 0.0991 e. The van der Waals surface area contributed by atoms with Crippen molar-refractivity contribution in [3.8, 4) is 12.1 Å². The minimum atomic E-state index is 0.685. The third-order valence-corrected chi connectivity index (χ3v) is 6.43. The number of hydrogen-bond acceptors (Lipinski definition) is 2. The average molecular weight is 345 g/mol. The molecule has 1 aromatic carbocycles. The quantitative estimate of drug-likeness (QED) is 0.477. The highest BCUT2D eigenvalue weighted by molar-refractivity contribution is 5.33. The van der Waals surface area contributed by atoms with E-state index in [1.54, 1.807) is 0 Å². The van der Waals surface area contributed by atoms with Crippen molar-refractivity contribution in [2.75, 3.05) is 0 Å². The van der Waals surface area contributed by atoms with Crippen LogP contribution in [-0.4, -0.2) is 0 Å². The van der Waals surface area contributed by atoms with Crippen LogP contribution in [0.25, 0.3) is 0 Å². The zero-order chi connectivity index (χ0) is 18.2. The molecule has 2 fully saturated rings. The highest BCUT2D eigenvalue weighted by Gasteiger charge is 2.30. The summed E-state index contributed by atoms with van der Waals surface area (Å²) in [5.74, 6) is 3.21. The van der Waals surface area contributed by atoms with Gasteiger partial charge in [0.1, 0.15) is 0 Å². The second-order valence-corrected chi connectivity index (χ2v) is 7.89. The summed E-state index contributed by atoms with van der Waals surface area (Å²) in [4.78, 5) is 0. The van der Waals surface area contributed by atoms with E-state index in [9.17, 15) is 0 Å². The van der Waals surface area contributed by atoms with Crippen molar-refractivity contribution >= 4 is 0 Å². The topological polar surface area (TPSA) is 47.6 Å². The van der Waals surface area contributed by atoms with Gasteiger partial charge in [-0.05, 0) is 92.7 Å². The lowest BCUT2D eigenvalue weighted by molar-refractivity contribution is 0.171. The van der Waals surface area contributed by atoms with Gasteiger partial charge >= 0.3 is 0 Å². The molecule has 134 valence electrons. The highest BCUT2D eigenvalue weighted by atomic mass is 14.4. The van der Waals surface area contributed by atoms with Crippen LogP contribution in [0.3, 0.4) is 0 Å². The first-order chi connectivity index (χ1) is 12.8. The molecule has 0 radical (unpaired) electrons. The van der Waals surface area contributed by atoms with Gasteiger partial charge in [0.25, 0.3) is 0 Å². The zero-order valence-corrected chi connectivity index (χ0v) is 15.5. The van der Waals surface area contributed by atoms with Crippen LogP contribution in [0.4, 0.5) is 0 Å². The molecular weight excluding hydrogens is 316 g/mol. The Balaban J connectivity index is 1.44. The largest absolute Gasteiger partial charge is 0.193 e. The van der Waals surface area contributed by atoms with E-state index >= 15 is 0 Å². The molecule has 0 aromatic heterocycles. The lowest BCUT2D eigenvalue weighted by Crippen LogP contribution is -2.25. The van der Waals surface area contributed by atoms with Crippen LogP contribution < -0.4 is 0 Å². The first-order valence-electron chi connectivity index (χ1n) is 10.0. The first-order valence-corrected chi connectivity index (χ1v) is 10.0. The molecule has 2 aliphatic rings. The van der Waals surface area contributed by atoms with Gasteiger partial charge < -0.3 is 0 Å². The summed E-state index contributed by atoms with van der Waals surface area (Å²) in [6.07, 6.45) is 18.4. The maximum absolute atomic E-state index is 8.94. The van der Waals surface area contributed by atoms with Crippen molar-refractivity contribution < 1.29 is 0 Å². The van der Waals surface area contributed by atoms with Crippen molar-refractivity contribution in [2.24, 2.45) is 17.8 Å². The van der Waals surface area contributed by atoms with E-state index in [-0.39, 0.29) is 0 Å². The molecule has 0 unspecified atom stereocenters. The Morgan fingerprint density at radius 1 is 0.769 bits per heavy atom. The van der Waals surface area contributed by atoms with Gasteiger partial charge in [0, 0.05) is 6.08 Å². The molecule has 0 N–H and O–H groups in total. The monoisotopic (exact) mass is 344 g/mol. The third-order valence-electron chi connectivity index (χ3n) is 6.43. The maximum atomic E-state index is 8.94. The summed E-state index contributed by atoms with van der Waals surface area (Å²) in [5.41, 5.74) is 2.18. The number of nitrogens with zero attached hydrogens (tertiary/aromatic N) is 2. The summed E-state index contributed by atoms with van der Waals surface area (Å²) in [6.45, 7) is 0. The van der Waals surface area contributed by atoms with Gasteiger partial charge in [-0.1, -0.05) is 30.4 Å². The van der Waals surface area contributed by atoms with Crippen LogP contribution in [0.5, 0.6) is 0 Å². The Morgan fingerprint density at radius 3 is 1.96 bits per heavy atom. The fraction of sp³-hybridized carbons (Fsp3) is 0.500. The SMILES string of the molecule is N#CC=CC=CC1CCC(C2CCC(c3ccc(C#N)cc3)CC2)CC1. The molecule has 0 spiro atoms. The zero-order valence-electron chi connectivity index (χ0n) is 15.5. The number of hydrogen-bond donors (Lipinski definition) is 0. The number of benzene rings is 1. The van der Waals surface area contributed by atoms with Gasteiger partial charge in [-0.15, -0.1) is 0 Å². The van der Waals surface area contributed by atoms with Crippen LogP contribution in [0.2, 0.25) is 0 Å². The second kappa shape index (κ2) is 9.40. The minimum absolute atomic E-state index is 0.685. The van der Waals surface area contributed by atoms with E-state index in [1.165, 1.54) is 63.0 Å². The second-order valence-electron chi connectivity index (χ2n) is 7.89. The van der Waals surface area contributed by atoms with Gasteiger partial charge in [-0.25, -0.2) is 0 Å². The summed E-state index contributed by atoms with van der Waals surface area (Å²) in [5, 5.41) is 17.5. The van der Waals surface area contributed by atoms with Gasteiger partial charge in [0.05, 0.1) is 17.7 Å². The van der Waals surface area contributed by atoms with Crippen molar-refractivity contribution in [2.45, 2.75) is 57.3 Å². The number of allylic oxidation sites excluding steroid dienone is 4. The van der Waals surface area contributed by atoms with E-state index in [4.69, 9.17) is 10.5 Å². The standard InChI is InChI=1S/C24H28N2/c25-17-3-1-2-4-19-5-9-21(10-6-19)23-13-15-24(16-14-23)22-11-7-20(18-26)8-12-22/h1-4,7-8,11-12,19,21,23-24H,5-6,9-10,13-16H2. The Labute approximate surface area is 157 Å². The third kappa shape index (κ3) is 4.86. The lowest BCUT2D eigenvalue weighted by Gasteiger charge is -2.37. The molecule has 2 nitrogen and oxygen atoms in total. The van der Waals surface area contributed by atoms with Crippen LogP contribution in [0.1, 0.15) is 68.4 Å². The molecule has 2 aliphatic carbocycles. The van der Waals surface area contributed by atoms with E-state index < -0.39 is 0 Å². The van der Waals surface area contributed by atoms with Crippen LogP contribution in [0.15, 0.2) is 48.6 Å². The van der Waals surface area contributed by atoms with Crippen molar-refractivity contribution in [3.05, 3.63) is 59.7 Å². The average Bonchev–Trinajstić information content (AvgIpc) is 2.72. The molecule has 0 amide bonds. The van der Waals surface area contributed by atoms with Crippen LogP contribution >= 0.6 is 0 Å². The molecule has 0 saturated heterocycles. The summed E-state index contributed by atoms with van der Waals surface area (Å²) >= 11 is 0. The Morgan fingerprint density at radius 2 is 1.38 bits per heavy atom. The molecule has 0 heterocycles. The van der Waals surface area contributed by atoms with Gasteiger partial charge in [-0.3, -0.25) is 0 Å². The first kappa shape index (κ1) is 18.5. The van der Waals surface area contributed by atoms with E-state index in [2.05, 4.69) is 24.3 Å². The van der Waals surface area contributed by atoms with Gasteiger partial charge in [0.2, 0.25) is 0 Å². The van der Waals surface area contributed by atoms with E-state index in [1.807, 2.05) is 30.4 Å². The molecule has 0 bridgehead atoms. The van der Waals surface area contributed by atoms with E-state index in [0.29, 0.717) is 11.8 Å². The number of rotatable bonds is 4. The van der Waals surface area contributed by atoms with Crippen LogP contribution in [-0.2, 0) is 0 Å². The predicted octanol–water partition coefficient (Wildman–Crippen LogP) is 6.27. The van der Waals surface area contributed by atoms with E-state index in [0.717, 1.165) is 17.4 Å². The summed E-state index contributed by atoms with van der Waals surface area (Å²) < 4.78 is 0. The van der Waals surface area contributed by atoms with Gasteiger partial charge in [-0.2, -0.15) is 10.5 Å². The fourth-order valence-corrected chi connectivity index (χ4v) is 4.88. The van der Waals surface area contributed by atoms with Crippen LogP contribution in [0, 0.1) is 40.4 Å². The summed E-state index contributed by atoms with van der Waals surface area (Å²) in [7, 11) is 0. The molecule has 0 aliphatic heterocycles. The molecule has 1 aromatic rings. The minimum Gasteiger partial charge on any atom is -0.193 e. The molecule has 3 rings (SSSR count). The molecule has 2 heteroatoms. The molecule has 0 atom stereocenters. The predicted molar refractivity (Wildman–Crippen MR) is 105 cm³/mol. The molecule has 2 saturated carbocycles. The fourth-order valence-electron chi connectivity index (χ4n) is 4.88. The highest BCUT2D eigenvalue weighted by Crippen LogP contribution is 2.44.